The molecule has 1 aromatic rings. The zero-order chi connectivity index (χ0) is 11.1. The fourth-order valence-electron chi connectivity index (χ4n) is 1.33. The molecule has 0 radical (unpaired) electrons. The summed E-state index contributed by atoms with van der Waals surface area (Å²) in [7, 11) is 0. The molecule has 0 N–H and O–H groups in total. The van der Waals surface area contributed by atoms with Crippen LogP contribution < -0.4 is 0 Å². The highest BCUT2D eigenvalue weighted by Gasteiger charge is 2.12. The zero-order valence-corrected chi connectivity index (χ0v) is 9.57. The lowest BCUT2D eigenvalue weighted by atomic mass is 10.2. The Labute approximate surface area is 95.1 Å². The average molecular weight is 227 g/mol. The van der Waals surface area contributed by atoms with Gasteiger partial charge in [0.15, 0.2) is 0 Å². The van der Waals surface area contributed by atoms with Crippen molar-refractivity contribution in [1.29, 1.82) is 0 Å². The van der Waals surface area contributed by atoms with Gasteiger partial charge in [0.1, 0.15) is 0 Å². The third-order valence-corrected chi connectivity index (χ3v) is 2.41. The van der Waals surface area contributed by atoms with Gasteiger partial charge in [-0.05, 0) is 25.5 Å². The maximum absolute atomic E-state index is 11.9. The molecule has 1 aromatic heterocycles. The molecule has 0 atom stereocenters. The average Bonchev–Trinajstić information content (AvgIpc) is 2.31. The van der Waals surface area contributed by atoms with Gasteiger partial charge in [0, 0.05) is 31.4 Å². The normalized spacial score (nSPS) is 10.0. The van der Waals surface area contributed by atoms with Crippen LogP contribution >= 0.6 is 11.6 Å². The second kappa shape index (κ2) is 6.40. The van der Waals surface area contributed by atoms with Crippen molar-refractivity contribution in [3.05, 3.63) is 30.1 Å². The SMILES string of the molecule is CCN(CCCCl)C(=O)c1cccnc1. The Morgan fingerprint density at radius 2 is 2.40 bits per heavy atom. The van der Waals surface area contributed by atoms with Crippen LogP contribution in [0.5, 0.6) is 0 Å². The molecule has 0 aliphatic rings. The van der Waals surface area contributed by atoms with Gasteiger partial charge in [0.25, 0.3) is 5.91 Å². The minimum Gasteiger partial charge on any atom is -0.339 e. The van der Waals surface area contributed by atoms with Crippen molar-refractivity contribution in [2.24, 2.45) is 0 Å². The molecule has 0 spiro atoms. The van der Waals surface area contributed by atoms with Gasteiger partial charge < -0.3 is 4.90 Å². The summed E-state index contributed by atoms with van der Waals surface area (Å²) in [6.45, 7) is 3.36. The summed E-state index contributed by atoms with van der Waals surface area (Å²) in [5.74, 6) is 0.604. The van der Waals surface area contributed by atoms with E-state index in [1.54, 1.807) is 29.4 Å². The topological polar surface area (TPSA) is 33.2 Å². The highest BCUT2D eigenvalue weighted by molar-refractivity contribution is 6.17. The fourth-order valence-corrected chi connectivity index (χ4v) is 1.45. The van der Waals surface area contributed by atoms with Crippen LogP contribution in [0.4, 0.5) is 0 Å². The molecule has 0 saturated heterocycles. The molecule has 1 rings (SSSR count). The van der Waals surface area contributed by atoms with E-state index in [2.05, 4.69) is 4.98 Å². The van der Waals surface area contributed by atoms with Crippen molar-refractivity contribution >= 4 is 17.5 Å². The predicted molar refractivity (Wildman–Crippen MR) is 61.2 cm³/mol. The summed E-state index contributed by atoms with van der Waals surface area (Å²) >= 11 is 5.60. The summed E-state index contributed by atoms with van der Waals surface area (Å²) in [5.41, 5.74) is 0.633. The number of hydrogen-bond acceptors (Lipinski definition) is 2. The van der Waals surface area contributed by atoms with E-state index < -0.39 is 0 Å². The van der Waals surface area contributed by atoms with E-state index in [0.717, 1.165) is 6.42 Å². The predicted octanol–water partition coefficient (Wildman–Crippen LogP) is 2.17. The Morgan fingerprint density at radius 3 is 2.93 bits per heavy atom. The standard InChI is InChI=1S/C11H15ClN2O/c1-2-14(8-4-6-12)11(15)10-5-3-7-13-9-10/h3,5,7,9H,2,4,6,8H2,1H3. The summed E-state index contributed by atoms with van der Waals surface area (Å²) in [6.07, 6.45) is 4.07. The molecule has 0 unspecified atom stereocenters. The van der Waals surface area contributed by atoms with Crippen LogP contribution in [0.15, 0.2) is 24.5 Å². The molecular formula is C11H15ClN2O. The van der Waals surface area contributed by atoms with E-state index >= 15 is 0 Å². The van der Waals surface area contributed by atoms with Gasteiger partial charge in [-0.3, -0.25) is 9.78 Å². The number of hydrogen-bond donors (Lipinski definition) is 0. The van der Waals surface area contributed by atoms with Crippen LogP contribution in [-0.4, -0.2) is 34.8 Å². The van der Waals surface area contributed by atoms with Crippen LogP contribution in [0.25, 0.3) is 0 Å². The molecule has 0 aliphatic carbocycles. The smallest absolute Gasteiger partial charge is 0.255 e. The monoisotopic (exact) mass is 226 g/mol. The van der Waals surface area contributed by atoms with E-state index in [-0.39, 0.29) is 5.91 Å². The van der Waals surface area contributed by atoms with E-state index in [1.165, 1.54) is 0 Å². The Bertz CT molecular complexity index is 303. The highest BCUT2D eigenvalue weighted by atomic mass is 35.5. The second-order valence-corrected chi connectivity index (χ2v) is 3.55. The van der Waals surface area contributed by atoms with E-state index in [1.807, 2.05) is 6.92 Å². The molecule has 0 bridgehead atoms. The maximum Gasteiger partial charge on any atom is 0.255 e. The molecule has 0 saturated carbocycles. The van der Waals surface area contributed by atoms with Crippen LogP contribution in [0.2, 0.25) is 0 Å². The van der Waals surface area contributed by atoms with Crippen molar-refractivity contribution < 1.29 is 4.79 Å². The van der Waals surface area contributed by atoms with Gasteiger partial charge in [0.2, 0.25) is 0 Å². The first kappa shape index (κ1) is 12.0. The first-order valence-corrected chi connectivity index (χ1v) is 5.58. The van der Waals surface area contributed by atoms with Crippen LogP contribution in [0, 0.1) is 0 Å². The highest BCUT2D eigenvalue weighted by Crippen LogP contribution is 2.04. The molecule has 1 amide bonds. The molecule has 4 heteroatoms. The Kier molecular flexibility index (Phi) is 5.12. The summed E-state index contributed by atoms with van der Waals surface area (Å²) in [5, 5.41) is 0. The maximum atomic E-state index is 11.9. The fraction of sp³-hybridized carbons (Fsp3) is 0.455. The molecule has 0 aromatic carbocycles. The quantitative estimate of drug-likeness (QED) is 0.721. The Hall–Kier alpha value is -1.09. The van der Waals surface area contributed by atoms with Gasteiger partial charge in [0.05, 0.1) is 5.56 Å². The molecule has 82 valence electrons. The third-order valence-electron chi connectivity index (χ3n) is 2.14. The number of carbonyl (C=O) groups is 1. The van der Waals surface area contributed by atoms with E-state index in [9.17, 15) is 4.79 Å². The second-order valence-electron chi connectivity index (χ2n) is 3.17. The number of halogens is 1. The molecule has 3 nitrogen and oxygen atoms in total. The van der Waals surface area contributed by atoms with Gasteiger partial charge in [-0.15, -0.1) is 11.6 Å². The molecule has 15 heavy (non-hydrogen) atoms. The molecule has 0 fully saturated rings. The van der Waals surface area contributed by atoms with Crippen LogP contribution in [0.1, 0.15) is 23.7 Å². The first-order valence-electron chi connectivity index (χ1n) is 5.04. The van der Waals surface area contributed by atoms with Crippen molar-refractivity contribution in [1.82, 2.24) is 9.88 Å². The number of amides is 1. The van der Waals surface area contributed by atoms with Crippen molar-refractivity contribution in [3.8, 4) is 0 Å². The number of rotatable bonds is 5. The minimum atomic E-state index is 0.0238. The molecular weight excluding hydrogens is 212 g/mol. The molecule has 1 heterocycles. The van der Waals surface area contributed by atoms with E-state index in [0.29, 0.717) is 24.5 Å². The van der Waals surface area contributed by atoms with Crippen LogP contribution in [-0.2, 0) is 0 Å². The minimum absolute atomic E-state index is 0.0238. The summed E-state index contributed by atoms with van der Waals surface area (Å²) < 4.78 is 0. The largest absolute Gasteiger partial charge is 0.339 e. The lowest BCUT2D eigenvalue weighted by Gasteiger charge is -2.20. The lowest BCUT2D eigenvalue weighted by Crippen LogP contribution is -2.32. The van der Waals surface area contributed by atoms with Crippen molar-refractivity contribution in [2.75, 3.05) is 19.0 Å². The van der Waals surface area contributed by atoms with Gasteiger partial charge >= 0.3 is 0 Å². The molecule has 0 aliphatic heterocycles. The Morgan fingerprint density at radius 1 is 1.60 bits per heavy atom. The van der Waals surface area contributed by atoms with E-state index in [4.69, 9.17) is 11.6 Å². The zero-order valence-electron chi connectivity index (χ0n) is 8.82. The number of carbonyl (C=O) groups excluding carboxylic acids is 1. The van der Waals surface area contributed by atoms with Gasteiger partial charge in [-0.2, -0.15) is 0 Å². The summed E-state index contributed by atoms with van der Waals surface area (Å²) in [6, 6.07) is 3.54. The van der Waals surface area contributed by atoms with Gasteiger partial charge in [-0.25, -0.2) is 0 Å². The van der Waals surface area contributed by atoms with Gasteiger partial charge in [-0.1, -0.05) is 0 Å². The third kappa shape index (κ3) is 3.51. The lowest BCUT2D eigenvalue weighted by molar-refractivity contribution is 0.0764. The van der Waals surface area contributed by atoms with Crippen molar-refractivity contribution in [2.45, 2.75) is 13.3 Å². The van der Waals surface area contributed by atoms with Crippen LogP contribution in [0.3, 0.4) is 0 Å². The number of alkyl halides is 1. The number of nitrogens with zero attached hydrogens (tertiary/aromatic N) is 2. The Balaban J connectivity index is 2.65. The number of aromatic nitrogens is 1. The van der Waals surface area contributed by atoms with Crippen molar-refractivity contribution in [3.63, 3.8) is 0 Å². The number of pyridine rings is 1. The summed E-state index contributed by atoms with van der Waals surface area (Å²) in [4.78, 5) is 17.6. The first-order chi connectivity index (χ1) is 7.29.